The summed E-state index contributed by atoms with van der Waals surface area (Å²) in [5.41, 5.74) is 0.452. The van der Waals surface area contributed by atoms with Crippen molar-refractivity contribution >= 4 is 29.2 Å². The molecule has 1 fully saturated rings. The standard InChI is InChI=1S/C26H41NO7S/c1-14(24(32)16(3)25(33)26(5,6)22(29)12-23(30)31)8-7-9-20-21(34-20)11-19(28)15(2)10-18-13-35-17(4)27-18/h10,13-14,16,19-22,24,28-29,32H,7-9,11-12H2,1-6H3,(H,30,31)/b15-10+/t14-,16+,19-,20?,21?,22-,24-/m0/s1. The Balaban J connectivity index is 1.74. The number of carboxylic acids is 1. The molecule has 198 valence electrons. The highest BCUT2D eigenvalue weighted by atomic mass is 32.1. The number of aliphatic hydroxyl groups excluding tert-OH is 3. The summed E-state index contributed by atoms with van der Waals surface area (Å²) in [7, 11) is 0. The topological polar surface area (TPSA) is 140 Å². The molecule has 0 aliphatic carbocycles. The number of aromatic nitrogens is 1. The van der Waals surface area contributed by atoms with Gasteiger partial charge in [-0.15, -0.1) is 11.3 Å². The molecule has 0 radical (unpaired) electrons. The summed E-state index contributed by atoms with van der Waals surface area (Å²) in [5, 5.41) is 43.2. The van der Waals surface area contributed by atoms with Gasteiger partial charge in [0.2, 0.25) is 0 Å². The van der Waals surface area contributed by atoms with Crippen LogP contribution in [0.3, 0.4) is 0 Å². The zero-order chi connectivity index (χ0) is 26.5. The summed E-state index contributed by atoms with van der Waals surface area (Å²) < 4.78 is 5.73. The van der Waals surface area contributed by atoms with Gasteiger partial charge < -0.3 is 25.2 Å². The molecule has 7 atom stereocenters. The average molecular weight is 512 g/mol. The number of aryl methyl sites for hydroxylation is 1. The fourth-order valence-corrected chi connectivity index (χ4v) is 5.02. The Labute approximate surface area is 212 Å². The van der Waals surface area contributed by atoms with Crippen LogP contribution in [0.5, 0.6) is 0 Å². The fraction of sp³-hybridized carbons (Fsp3) is 0.731. The van der Waals surface area contributed by atoms with Gasteiger partial charge in [0.25, 0.3) is 0 Å². The Morgan fingerprint density at radius 3 is 2.46 bits per heavy atom. The molecule has 1 aliphatic heterocycles. The monoisotopic (exact) mass is 511 g/mol. The zero-order valence-corrected chi connectivity index (χ0v) is 22.4. The lowest BCUT2D eigenvalue weighted by Crippen LogP contribution is -2.45. The lowest BCUT2D eigenvalue weighted by molar-refractivity contribution is -0.147. The molecule has 8 nitrogen and oxygen atoms in total. The zero-order valence-electron chi connectivity index (χ0n) is 21.6. The number of epoxide rings is 1. The van der Waals surface area contributed by atoms with Crippen molar-refractivity contribution in [1.82, 2.24) is 4.98 Å². The van der Waals surface area contributed by atoms with Crippen LogP contribution in [0.1, 0.15) is 77.4 Å². The smallest absolute Gasteiger partial charge is 0.306 e. The third-order valence-electron chi connectivity index (χ3n) is 7.17. The van der Waals surface area contributed by atoms with Crippen molar-refractivity contribution in [2.45, 2.75) is 104 Å². The number of rotatable bonds is 15. The molecule has 35 heavy (non-hydrogen) atoms. The van der Waals surface area contributed by atoms with Gasteiger partial charge in [0, 0.05) is 17.7 Å². The van der Waals surface area contributed by atoms with Crippen LogP contribution < -0.4 is 0 Å². The molecular formula is C26H41NO7S. The van der Waals surface area contributed by atoms with Crippen LogP contribution in [0.15, 0.2) is 11.0 Å². The number of carbonyl (C=O) groups excluding carboxylic acids is 1. The molecule has 4 N–H and O–H groups in total. The number of ketones is 1. The van der Waals surface area contributed by atoms with E-state index in [0.29, 0.717) is 12.8 Å². The van der Waals surface area contributed by atoms with Crippen LogP contribution in [0, 0.1) is 24.2 Å². The Kier molecular flexibility index (Phi) is 10.6. The van der Waals surface area contributed by atoms with Crippen LogP contribution in [0.4, 0.5) is 0 Å². The van der Waals surface area contributed by atoms with Gasteiger partial charge >= 0.3 is 5.97 Å². The molecule has 2 unspecified atom stereocenters. The molecule has 1 aromatic rings. The molecule has 1 saturated heterocycles. The van der Waals surface area contributed by atoms with E-state index in [4.69, 9.17) is 9.84 Å². The largest absolute Gasteiger partial charge is 0.481 e. The van der Waals surface area contributed by atoms with Gasteiger partial charge in [0.15, 0.2) is 0 Å². The lowest BCUT2D eigenvalue weighted by Gasteiger charge is -2.34. The number of aliphatic carboxylic acids is 1. The predicted octanol–water partition coefficient (Wildman–Crippen LogP) is 3.61. The number of carboxylic acid groups (broad SMARTS) is 1. The number of Topliss-reactive ketones (excluding diaryl/α,β-unsaturated/α-hetero) is 1. The van der Waals surface area contributed by atoms with E-state index in [1.807, 2.05) is 32.2 Å². The Morgan fingerprint density at radius 1 is 1.23 bits per heavy atom. The normalized spacial score (nSPS) is 22.8. The summed E-state index contributed by atoms with van der Waals surface area (Å²) in [4.78, 5) is 28.2. The molecule has 0 saturated carbocycles. The van der Waals surface area contributed by atoms with E-state index in [1.165, 1.54) is 13.8 Å². The second-order valence-corrected chi connectivity index (χ2v) is 11.6. The maximum Gasteiger partial charge on any atom is 0.306 e. The molecular weight excluding hydrogens is 470 g/mol. The minimum absolute atomic E-state index is 0.0165. The summed E-state index contributed by atoms with van der Waals surface area (Å²) in [6.45, 7) is 10.4. The van der Waals surface area contributed by atoms with Crippen LogP contribution >= 0.6 is 11.3 Å². The second-order valence-electron chi connectivity index (χ2n) is 10.5. The molecule has 1 aliphatic rings. The number of nitrogens with zero attached hydrogens (tertiary/aromatic N) is 1. The van der Waals surface area contributed by atoms with Crippen LogP contribution in [0.25, 0.3) is 6.08 Å². The van der Waals surface area contributed by atoms with Crippen molar-refractivity contribution < 1.29 is 34.8 Å². The summed E-state index contributed by atoms with van der Waals surface area (Å²) in [6, 6.07) is 0. The molecule has 2 rings (SSSR count). The highest BCUT2D eigenvalue weighted by molar-refractivity contribution is 7.09. The van der Waals surface area contributed by atoms with E-state index >= 15 is 0 Å². The highest BCUT2D eigenvalue weighted by Crippen LogP contribution is 2.34. The molecule has 9 heteroatoms. The van der Waals surface area contributed by atoms with Gasteiger partial charge in [-0.05, 0) is 44.3 Å². The molecule has 0 amide bonds. The van der Waals surface area contributed by atoms with E-state index in [2.05, 4.69) is 4.98 Å². The lowest BCUT2D eigenvalue weighted by atomic mass is 9.73. The number of aliphatic hydroxyl groups is 3. The van der Waals surface area contributed by atoms with Gasteiger partial charge in [-0.2, -0.15) is 0 Å². The molecule has 0 aromatic carbocycles. The van der Waals surface area contributed by atoms with E-state index in [0.717, 1.165) is 29.1 Å². The minimum atomic E-state index is -1.32. The number of carbonyl (C=O) groups is 2. The first-order chi connectivity index (χ1) is 16.2. The minimum Gasteiger partial charge on any atom is -0.481 e. The highest BCUT2D eigenvalue weighted by Gasteiger charge is 2.42. The second kappa shape index (κ2) is 12.5. The number of ether oxygens (including phenoxy) is 1. The molecule has 0 spiro atoms. The van der Waals surface area contributed by atoms with E-state index in [9.17, 15) is 24.9 Å². The summed E-state index contributed by atoms with van der Waals surface area (Å²) in [6.07, 6.45) is 1.56. The van der Waals surface area contributed by atoms with Crippen molar-refractivity contribution in [3.8, 4) is 0 Å². The van der Waals surface area contributed by atoms with E-state index in [1.54, 1.807) is 18.3 Å². The summed E-state index contributed by atoms with van der Waals surface area (Å²) >= 11 is 1.57. The quantitative estimate of drug-likeness (QED) is 0.262. The average Bonchev–Trinajstić information content (AvgIpc) is 3.38. The van der Waals surface area contributed by atoms with Gasteiger partial charge in [0.1, 0.15) is 5.78 Å². The fourth-order valence-electron chi connectivity index (χ4n) is 4.45. The van der Waals surface area contributed by atoms with Crippen molar-refractivity contribution in [1.29, 1.82) is 0 Å². The third-order valence-corrected chi connectivity index (χ3v) is 7.97. The summed E-state index contributed by atoms with van der Waals surface area (Å²) in [5.74, 6) is -2.38. The molecule has 0 bridgehead atoms. The first-order valence-corrected chi connectivity index (χ1v) is 13.2. The Hall–Kier alpha value is -1.65. The number of hydrogen-bond acceptors (Lipinski definition) is 8. The van der Waals surface area contributed by atoms with Gasteiger partial charge in [-0.25, -0.2) is 4.98 Å². The number of hydrogen-bond donors (Lipinski definition) is 4. The molecule has 2 heterocycles. The van der Waals surface area contributed by atoms with Crippen molar-refractivity contribution in [2.75, 3.05) is 0 Å². The van der Waals surface area contributed by atoms with Crippen LogP contribution in [-0.2, 0) is 14.3 Å². The van der Waals surface area contributed by atoms with Crippen LogP contribution in [0.2, 0.25) is 0 Å². The van der Waals surface area contributed by atoms with Crippen LogP contribution in [-0.4, -0.2) is 67.7 Å². The van der Waals surface area contributed by atoms with E-state index in [-0.39, 0.29) is 23.9 Å². The predicted molar refractivity (Wildman–Crippen MR) is 135 cm³/mol. The Morgan fingerprint density at radius 2 is 1.89 bits per heavy atom. The number of thiazole rings is 1. The third kappa shape index (κ3) is 8.46. The maximum absolute atomic E-state index is 12.9. The first kappa shape index (κ1) is 29.6. The first-order valence-electron chi connectivity index (χ1n) is 12.3. The van der Waals surface area contributed by atoms with Crippen molar-refractivity contribution in [2.24, 2.45) is 17.3 Å². The van der Waals surface area contributed by atoms with Gasteiger partial charge in [-0.1, -0.05) is 34.1 Å². The van der Waals surface area contributed by atoms with Crippen molar-refractivity contribution in [3.63, 3.8) is 0 Å². The Bertz CT molecular complexity index is 896. The van der Waals surface area contributed by atoms with Gasteiger partial charge in [0.05, 0.1) is 53.1 Å². The maximum atomic E-state index is 12.9. The van der Waals surface area contributed by atoms with Gasteiger partial charge in [-0.3, -0.25) is 9.59 Å². The van der Waals surface area contributed by atoms with E-state index < -0.39 is 42.0 Å². The van der Waals surface area contributed by atoms with Crippen molar-refractivity contribution in [3.05, 3.63) is 21.7 Å². The SMILES string of the molecule is C/C(=C\c1csc(C)n1)[C@@H](O)CC1OC1CCC[C@H](C)[C@H](O)[C@@H](C)C(=O)C(C)(C)[C@@H](O)CC(=O)O. The molecule has 1 aromatic heterocycles.